The third kappa shape index (κ3) is 5.28. The van der Waals surface area contributed by atoms with Crippen molar-refractivity contribution in [3.63, 3.8) is 0 Å². The molecular weight excluding hydrogens is 326 g/mol. The van der Waals surface area contributed by atoms with Gasteiger partial charge in [0.25, 0.3) is 0 Å². The molecule has 2 N–H and O–H groups in total. The summed E-state index contributed by atoms with van der Waals surface area (Å²) in [5.41, 5.74) is 0. The standard InChI is InChI=1S/C13H16BrN3O3/c14-10-2-1-3-12(6-10)19-8-11(18)7-15-5-4-13-16-9-20-17-13/h1-3,6,9,11,15,18H,4-5,7-8H2. The molecule has 6 nitrogen and oxygen atoms in total. The third-order valence-electron chi connectivity index (χ3n) is 2.55. The van der Waals surface area contributed by atoms with Crippen molar-refractivity contribution < 1.29 is 14.4 Å². The molecule has 0 amide bonds. The summed E-state index contributed by atoms with van der Waals surface area (Å²) in [6, 6.07) is 7.51. The van der Waals surface area contributed by atoms with Gasteiger partial charge >= 0.3 is 0 Å². The molecule has 1 aromatic carbocycles. The largest absolute Gasteiger partial charge is 0.491 e. The monoisotopic (exact) mass is 341 g/mol. The second-order valence-corrected chi connectivity index (χ2v) is 5.14. The van der Waals surface area contributed by atoms with E-state index in [0.717, 1.165) is 10.2 Å². The molecular formula is C13H16BrN3O3. The van der Waals surface area contributed by atoms with E-state index in [1.807, 2.05) is 24.3 Å². The highest BCUT2D eigenvalue weighted by molar-refractivity contribution is 9.10. The fourth-order valence-corrected chi connectivity index (χ4v) is 1.96. The van der Waals surface area contributed by atoms with Crippen LogP contribution < -0.4 is 10.1 Å². The van der Waals surface area contributed by atoms with Crippen molar-refractivity contribution in [3.05, 3.63) is 41.0 Å². The van der Waals surface area contributed by atoms with Gasteiger partial charge in [-0.2, -0.15) is 4.98 Å². The van der Waals surface area contributed by atoms with Crippen LogP contribution in [0.2, 0.25) is 0 Å². The van der Waals surface area contributed by atoms with Gasteiger partial charge in [0.1, 0.15) is 18.5 Å². The summed E-state index contributed by atoms with van der Waals surface area (Å²) in [5, 5.41) is 16.6. The molecule has 0 aliphatic rings. The summed E-state index contributed by atoms with van der Waals surface area (Å²) in [6.45, 7) is 1.37. The Hall–Kier alpha value is -1.44. The topological polar surface area (TPSA) is 80.4 Å². The van der Waals surface area contributed by atoms with Crippen molar-refractivity contribution in [2.24, 2.45) is 0 Å². The highest BCUT2D eigenvalue weighted by Gasteiger charge is 2.05. The van der Waals surface area contributed by atoms with Gasteiger partial charge in [0.05, 0.1) is 0 Å². The normalized spacial score (nSPS) is 12.3. The van der Waals surface area contributed by atoms with Crippen molar-refractivity contribution in [1.29, 1.82) is 0 Å². The summed E-state index contributed by atoms with van der Waals surface area (Å²) in [6.07, 6.45) is 1.39. The molecule has 0 radical (unpaired) electrons. The maximum absolute atomic E-state index is 9.79. The minimum absolute atomic E-state index is 0.242. The van der Waals surface area contributed by atoms with Crippen LogP contribution in [0.25, 0.3) is 0 Å². The Morgan fingerprint density at radius 2 is 2.35 bits per heavy atom. The van der Waals surface area contributed by atoms with Gasteiger partial charge < -0.3 is 19.7 Å². The number of aliphatic hydroxyl groups excluding tert-OH is 1. The summed E-state index contributed by atoms with van der Waals surface area (Å²) in [7, 11) is 0. The maximum Gasteiger partial charge on any atom is 0.213 e. The number of halogens is 1. The summed E-state index contributed by atoms with van der Waals surface area (Å²) in [5.74, 6) is 1.38. The molecule has 0 spiro atoms. The van der Waals surface area contributed by atoms with Crippen LogP contribution >= 0.6 is 15.9 Å². The number of hydrogen-bond donors (Lipinski definition) is 2. The van der Waals surface area contributed by atoms with Crippen LogP contribution in [0.15, 0.2) is 39.7 Å². The van der Waals surface area contributed by atoms with Crippen molar-refractivity contribution in [2.75, 3.05) is 19.7 Å². The Bertz CT molecular complexity index is 507. The second-order valence-electron chi connectivity index (χ2n) is 4.22. The fraction of sp³-hybridized carbons (Fsp3) is 0.385. The molecule has 1 unspecified atom stereocenters. The van der Waals surface area contributed by atoms with Crippen LogP contribution in [0.4, 0.5) is 0 Å². The smallest absolute Gasteiger partial charge is 0.213 e. The SMILES string of the molecule is OC(CNCCc1ncon1)COc1cccc(Br)c1. The average Bonchev–Trinajstić information content (AvgIpc) is 2.95. The van der Waals surface area contributed by atoms with E-state index < -0.39 is 6.10 Å². The fourth-order valence-electron chi connectivity index (χ4n) is 1.58. The molecule has 0 aliphatic carbocycles. The van der Waals surface area contributed by atoms with Gasteiger partial charge in [-0.05, 0) is 18.2 Å². The Morgan fingerprint density at radius 1 is 1.45 bits per heavy atom. The summed E-state index contributed by atoms with van der Waals surface area (Å²) >= 11 is 3.36. The lowest BCUT2D eigenvalue weighted by atomic mass is 10.3. The first kappa shape index (κ1) is 15.0. The van der Waals surface area contributed by atoms with Crippen LogP contribution in [0, 0.1) is 0 Å². The van der Waals surface area contributed by atoms with Gasteiger partial charge in [-0.25, -0.2) is 0 Å². The molecule has 2 aromatic rings. The number of ether oxygens (including phenoxy) is 1. The molecule has 0 aliphatic heterocycles. The Balaban J connectivity index is 1.59. The number of benzene rings is 1. The maximum atomic E-state index is 9.79. The first-order valence-corrected chi connectivity index (χ1v) is 7.06. The van der Waals surface area contributed by atoms with Gasteiger partial charge in [0, 0.05) is 24.0 Å². The minimum Gasteiger partial charge on any atom is -0.491 e. The molecule has 20 heavy (non-hydrogen) atoms. The van der Waals surface area contributed by atoms with E-state index in [2.05, 4.69) is 35.9 Å². The zero-order valence-corrected chi connectivity index (χ0v) is 12.4. The summed E-state index contributed by atoms with van der Waals surface area (Å²) < 4.78 is 11.1. The zero-order chi connectivity index (χ0) is 14.2. The number of nitrogens with zero attached hydrogens (tertiary/aromatic N) is 2. The van der Waals surface area contributed by atoms with E-state index >= 15 is 0 Å². The van der Waals surface area contributed by atoms with Gasteiger partial charge in [-0.15, -0.1) is 0 Å². The molecule has 7 heteroatoms. The van der Waals surface area contributed by atoms with Crippen LogP contribution in [0.1, 0.15) is 5.82 Å². The van der Waals surface area contributed by atoms with Gasteiger partial charge in [0.15, 0.2) is 5.82 Å². The highest BCUT2D eigenvalue weighted by atomic mass is 79.9. The van der Waals surface area contributed by atoms with E-state index in [-0.39, 0.29) is 6.61 Å². The predicted molar refractivity (Wildman–Crippen MR) is 76.5 cm³/mol. The van der Waals surface area contributed by atoms with Crippen molar-refractivity contribution in [1.82, 2.24) is 15.5 Å². The molecule has 2 rings (SSSR count). The lowest BCUT2D eigenvalue weighted by Gasteiger charge is -2.13. The molecule has 0 bridgehead atoms. The number of rotatable bonds is 8. The van der Waals surface area contributed by atoms with Crippen molar-refractivity contribution >= 4 is 15.9 Å². The quantitative estimate of drug-likeness (QED) is 0.706. The van der Waals surface area contributed by atoms with Crippen molar-refractivity contribution in [2.45, 2.75) is 12.5 Å². The Kier molecular flexibility index (Phi) is 5.97. The minimum atomic E-state index is -0.570. The molecule has 108 valence electrons. The number of nitrogens with one attached hydrogen (secondary N) is 1. The number of hydrogen-bond acceptors (Lipinski definition) is 6. The molecule has 1 aromatic heterocycles. The highest BCUT2D eigenvalue weighted by Crippen LogP contribution is 2.17. The first-order valence-electron chi connectivity index (χ1n) is 6.26. The molecule has 0 saturated carbocycles. The lowest BCUT2D eigenvalue weighted by Crippen LogP contribution is -2.32. The van der Waals surface area contributed by atoms with Crippen LogP contribution in [-0.4, -0.2) is 41.0 Å². The van der Waals surface area contributed by atoms with Crippen LogP contribution in [0.5, 0.6) is 5.75 Å². The van der Waals surface area contributed by atoms with Gasteiger partial charge in [0.2, 0.25) is 6.39 Å². The average molecular weight is 342 g/mol. The van der Waals surface area contributed by atoms with Crippen molar-refractivity contribution in [3.8, 4) is 5.75 Å². The number of aromatic nitrogens is 2. The first-order chi connectivity index (χ1) is 9.74. The van der Waals surface area contributed by atoms with E-state index in [1.54, 1.807) is 0 Å². The van der Waals surface area contributed by atoms with Gasteiger partial charge in [-0.3, -0.25) is 0 Å². The van der Waals surface area contributed by atoms with Crippen LogP contribution in [0.3, 0.4) is 0 Å². The van der Waals surface area contributed by atoms with Gasteiger partial charge in [-0.1, -0.05) is 27.2 Å². The van der Waals surface area contributed by atoms with E-state index in [9.17, 15) is 5.11 Å². The summed E-state index contributed by atoms with van der Waals surface area (Å²) in [4.78, 5) is 3.91. The molecule has 1 atom stereocenters. The van der Waals surface area contributed by atoms with E-state index in [4.69, 9.17) is 4.74 Å². The zero-order valence-electron chi connectivity index (χ0n) is 10.8. The molecule has 0 saturated heterocycles. The molecule has 1 heterocycles. The van der Waals surface area contributed by atoms with E-state index in [0.29, 0.717) is 25.3 Å². The van der Waals surface area contributed by atoms with Crippen LogP contribution in [-0.2, 0) is 6.42 Å². The number of aliphatic hydroxyl groups is 1. The lowest BCUT2D eigenvalue weighted by molar-refractivity contribution is 0.106. The second kappa shape index (κ2) is 7.98. The third-order valence-corrected chi connectivity index (χ3v) is 3.04. The Labute approximate surface area is 125 Å². The molecule has 0 fully saturated rings. The van der Waals surface area contributed by atoms with E-state index in [1.165, 1.54) is 6.39 Å². The predicted octanol–water partition coefficient (Wildman–Crippen LogP) is 1.40. The Morgan fingerprint density at radius 3 is 3.10 bits per heavy atom.